The van der Waals surface area contributed by atoms with Gasteiger partial charge in [-0.05, 0) is 37.3 Å². The lowest BCUT2D eigenvalue weighted by Crippen LogP contribution is -1.95. The largest absolute Gasteiger partial charge is 0.481 e. The van der Waals surface area contributed by atoms with Crippen molar-refractivity contribution >= 4 is 15.8 Å². The number of rotatable bonds is 4. The van der Waals surface area contributed by atoms with Crippen molar-refractivity contribution < 1.29 is 8.95 Å². The Morgan fingerprint density at radius 1 is 1.25 bits per heavy atom. The van der Waals surface area contributed by atoms with Crippen LogP contribution >= 0.6 is 0 Å². The molecule has 0 fully saturated rings. The molecular weight excluding hydrogens is 272 g/mol. The summed E-state index contributed by atoms with van der Waals surface area (Å²) in [5, 5.41) is 1.39. The summed E-state index contributed by atoms with van der Waals surface area (Å²) in [7, 11) is -1.44. The van der Waals surface area contributed by atoms with Crippen molar-refractivity contribution in [1.82, 2.24) is 4.98 Å². The van der Waals surface area contributed by atoms with Gasteiger partial charge in [0.05, 0.1) is 21.7 Å². The summed E-state index contributed by atoms with van der Waals surface area (Å²) in [6, 6.07) is 10.7. The van der Waals surface area contributed by atoms with E-state index in [2.05, 4.69) is 4.98 Å². The Morgan fingerprint density at radius 2 is 1.95 bits per heavy atom. The molecule has 1 unspecified atom stereocenters. The van der Waals surface area contributed by atoms with E-state index >= 15 is 0 Å². The minimum atomic E-state index is -2.96. The molecule has 0 aliphatic rings. The first-order chi connectivity index (χ1) is 9.53. The number of hydrogen-bond donors (Lipinski definition) is 1. The topological polar surface area (TPSA) is 63.0 Å². The predicted molar refractivity (Wildman–Crippen MR) is 80.1 cm³/mol. The van der Waals surface area contributed by atoms with Crippen LogP contribution < -0.4 is 4.74 Å². The summed E-state index contributed by atoms with van der Waals surface area (Å²) in [5.41, 5.74) is 1.77. The second-order valence-electron chi connectivity index (χ2n) is 4.32. The monoisotopic (exact) mass is 288 g/mol. The summed E-state index contributed by atoms with van der Waals surface area (Å²) < 4.78 is 25.5. The zero-order chi connectivity index (χ0) is 14.6. The van der Waals surface area contributed by atoms with E-state index in [1.54, 1.807) is 36.5 Å². The Hall–Kier alpha value is -2.14. The van der Waals surface area contributed by atoms with Crippen molar-refractivity contribution in [1.29, 1.82) is 4.78 Å². The Labute approximate surface area is 119 Å². The first-order valence-electron chi connectivity index (χ1n) is 6.05. The minimum Gasteiger partial charge on any atom is -0.481 e. The van der Waals surface area contributed by atoms with Crippen LogP contribution in [0.15, 0.2) is 52.9 Å². The molecule has 20 heavy (non-hydrogen) atoms. The Balaban J connectivity index is 2.32. The van der Waals surface area contributed by atoms with Crippen LogP contribution in [0.4, 0.5) is 0 Å². The lowest BCUT2D eigenvalue weighted by molar-refractivity contribution is 0.397. The summed E-state index contributed by atoms with van der Waals surface area (Å²) >= 11 is 0. The average Bonchev–Trinajstić information content (AvgIpc) is 2.46. The molecule has 4 nitrogen and oxygen atoms in total. The molecule has 0 saturated heterocycles. The minimum absolute atomic E-state index is 0.447. The second kappa shape index (κ2) is 5.88. The normalized spacial score (nSPS) is 14.1. The highest BCUT2D eigenvalue weighted by Gasteiger charge is 2.06. The molecule has 0 amide bonds. The number of pyridine rings is 1. The van der Waals surface area contributed by atoms with Gasteiger partial charge in [-0.15, -0.1) is 0 Å². The summed E-state index contributed by atoms with van der Waals surface area (Å²) in [4.78, 5) is 4.54. The average molecular weight is 288 g/mol. The second-order valence-corrected chi connectivity index (χ2v) is 6.26. The zero-order valence-electron chi connectivity index (χ0n) is 11.4. The van der Waals surface area contributed by atoms with E-state index in [0.29, 0.717) is 16.3 Å². The Kier molecular flexibility index (Phi) is 4.20. The van der Waals surface area contributed by atoms with Gasteiger partial charge in [0, 0.05) is 17.2 Å². The van der Waals surface area contributed by atoms with Crippen molar-refractivity contribution in [2.45, 2.75) is 11.8 Å². The fourth-order valence-corrected chi connectivity index (χ4v) is 2.72. The van der Waals surface area contributed by atoms with E-state index in [1.807, 2.05) is 19.1 Å². The molecule has 1 aromatic heterocycles. The molecule has 1 N–H and O–H groups in total. The van der Waals surface area contributed by atoms with Crippen molar-refractivity contribution in [2.24, 2.45) is 0 Å². The van der Waals surface area contributed by atoms with E-state index in [-0.39, 0.29) is 0 Å². The Bertz CT molecular complexity index is 720. The highest BCUT2D eigenvalue weighted by Crippen LogP contribution is 2.19. The maximum Gasteiger partial charge on any atom is 0.220 e. The Morgan fingerprint density at radius 3 is 2.60 bits per heavy atom. The van der Waals surface area contributed by atoms with Crippen LogP contribution in [0.25, 0.3) is 6.08 Å². The number of benzene rings is 1. The summed E-state index contributed by atoms with van der Waals surface area (Å²) in [6.07, 6.45) is 3.23. The number of nitrogens with one attached hydrogen (secondary N) is 1. The van der Waals surface area contributed by atoms with E-state index in [9.17, 15) is 4.21 Å². The van der Waals surface area contributed by atoms with Gasteiger partial charge in [0.1, 0.15) is 0 Å². The molecule has 0 radical (unpaired) electrons. The first-order valence-corrected chi connectivity index (χ1v) is 7.67. The third-order valence-corrected chi connectivity index (χ3v) is 4.30. The predicted octanol–water partition coefficient (Wildman–Crippen LogP) is 3.48. The molecular formula is C15H16N2O2S. The van der Waals surface area contributed by atoms with Crippen molar-refractivity contribution in [2.75, 3.05) is 7.11 Å². The molecule has 1 aromatic carbocycles. The number of aromatic nitrogens is 1. The summed E-state index contributed by atoms with van der Waals surface area (Å²) in [6.45, 7) is 1.95. The zero-order valence-corrected chi connectivity index (χ0v) is 12.2. The molecule has 104 valence electrons. The van der Waals surface area contributed by atoms with Crippen molar-refractivity contribution in [3.05, 3.63) is 59.1 Å². The van der Waals surface area contributed by atoms with Gasteiger partial charge in [-0.3, -0.25) is 0 Å². The maximum absolute atomic E-state index is 12.4. The third-order valence-electron chi connectivity index (χ3n) is 2.80. The van der Waals surface area contributed by atoms with Crippen LogP contribution in [0.1, 0.15) is 11.1 Å². The molecule has 0 aliphatic carbocycles. The SMILES string of the molecule is COc1ncccc1/C=C/S(=N)(=O)c1ccc(C)cc1. The molecule has 0 bridgehead atoms. The van der Waals surface area contributed by atoms with Crippen LogP contribution in [0, 0.1) is 11.7 Å². The molecule has 0 spiro atoms. The quantitative estimate of drug-likeness (QED) is 0.937. The number of ether oxygens (including phenoxy) is 1. The molecule has 0 saturated carbocycles. The number of aryl methyl sites for hydroxylation is 1. The van der Waals surface area contributed by atoms with Crippen LogP contribution in [0.5, 0.6) is 5.88 Å². The van der Waals surface area contributed by atoms with Gasteiger partial charge >= 0.3 is 0 Å². The van der Waals surface area contributed by atoms with Crippen molar-refractivity contribution in [3.63, 3.8) is 0 Å². The van der Waals surface area contributed by atoms with Crippen LogP contribution in [0.2, 0.25) is 0 Å². The molecule has 2 rings (SSSR count). The van der Waals surface area contributed by atoms with E-state index in [1.165, 1.54) is 12.5 Å². The van der Waals surface area contributed by atoms with E-state index < -0.39 is 9.73 Å². The van der Waals surface area contributed by atoms with Crippen LogP contribution in [0.3, 0.4) is 0 Å². The molecule has 0 aliphatic heterocycles. The molecule has 1 heterocycles. The standard InChI is InChI=1S/C15H16N2O2S/c1-12-5-7-14(8-6-12)20(16,18)11-9-13-4-3-10-17-15(13)19-2/h3-11,16H,1-2H3/b11-9+. The number of methoxy groups -OCH3 is 1. The van der Waals surface area contributed by atoms with Gasteiger partial charge < -0.3 is 4.74 Å². The lowest BCUT2D eigenvalue weighted by atomic mass is 10.2. The van der Waals surface area contributed by atoms with Gasteiger partial charge in [0.15, 0.2) is 0 Å². The van der Waals surface area contributed by atoms with Gasteiger partial charge in [-0.2, -0.15) is 0 Å². The maximum atomic E-state index is 12.4. The van der Waals surface area contributed by atoms with E-state index in [0.717, 1.165) is 5.56 Å². The van der Waals surface area contributed by atoms with Crippen LogP contribution in [-0.2, 0) is 9.73 Å². The van der Waals surface area contributed by atoms with Gasteiger partial charge in [-0.25, -0.2) is 14.0 Å². The van der Waals surface area contributed by atoms with E-state index in [4.69, 9.17) is 9.52 Å². The number of hydrogen-bond acceptors (Lipinski definition) is 4. The smallest absolute Gasteiger partial charge is 0.220 e. The van der Waals surface area contributed by atoms with Crippen LogP contribution in [-0.4, -0.2) is 16.3 Å². The van der Waals surface area contributed by atoms with Gasteiger partial charge in [-0.1, -0.05) is 17.7 Å². The van der Waals surface area contributed by atoms with Gasteiger partial charge in [0.2, 0.25) is 5.88 Å². The fourth-order valence-electron chi connectivity index (χ4n) is 1.69. The molecule has 1 atom stereocenters. The highest BCUT2D eigenvalue weighted by molar-refractivity contribution is 7.95. The van der Waals surface area contributed by atoms with Crippen molar-refractivity contribution in [3.8, 4) is 5.88 Å². The lowest BCUT2D eigenvalue weighted by Gasteiger charge is -2.04. The number of nitrogens with zero attached hydrogens (tertiary/aromatic N) is 1. The highest BCUT2D eigenvalue weighted by atomic mass is 32.2. The third kappa shape index (κ3) is 3.24. The first kappa shape index (κ1) is 14.3. The summed E-state index contributed by atoms with van der Waals surface area (Å²) in [5.74, 6) is 0.447. The molecule has 5 heteroatoms. The molecule has 2 aromatic rings. The fraction of sp³-hybridized carbons (Fsp3) is 0.133. The van der Waals surface area contributed by atoms with Gasteiger partial charge in [0.25, 0.3) is 0 Å².